The summed E-state index contributed by atoms with van der Waals surface area (Å²) in [5, 5.41) is 18.1. The third kappa shape index (κ3) is 6.75. The molecular formula is C27H36F3N7O4. The number of methoxy groups -OCH3 is 1. The summed E-state index contributed by atoms with van der Waals surface area (Å²) in [5.41, 5.74) is 0.296. The molecule has 4 N–H and O–H groups in total. The summed E-state index contributed by atoms with van der Waals surface area (Å²) in [7, 11) is 4.60. The van der Waals surface area contributed by atoms with Gasteiger partial charge in [0.2, 0.25) is 5.95 Å². The van der Waals surface area contributed by atoms with Crippen molar-refractivity contribution >= 4 is 35.0 Å². The predicted molar refractivity (Wildman–Crippen MR) is 148 cm³/mol. The zero-order valence-corrected chi connectivity index (χ0v) is 23.3. The molecular weight excluding hydrogens is 543 g/mol. The number of piperidine rings is 1. The van der Waals surface area contributed by atoms with Crippen molar-refractivity contribution in [2.24, 2.45) is 0 Å². The van der Waals surface area contributed by atoms with Gasteiger partial charge in [-0.2, -0.15) is 13.8 Å². The van der Waals surface area contributed by atoms with E-state index in [2.05, 4.69) is 25.9 Å². The van der Waals surface area contributed by atoms with E-state index in [1.807, 2.05) is 0 Å². The highest BCUT2D eigenvalue weighted by molar-refractivity contribution is 5.96. The molecule has 1 saturated carbocycles. The van der Waals surface area contributed by atoms with Crippen LogP contribution in [0.15, 0.2) is 18.3 Å². The summed E-state index contributed by atoms with van der Waals surface area (Å²) in [6, 6.07) is 2.05. The molecule has 2 fully saturated rings. The maximum absolute atomic E-state index is 15.3. The van der Waals surface area contributed by atoms with Crippen molar-refractivity contribution in [1.29, 1.82) is 0 Å². The van der Waals surface area contributed by atoms with Gasteiger partial charge in [-0.3, -0.25) is 4.79 Å². The van der Waals surface area contributed by atoms with Crippen LogP contribution >= 0.6 is 0 Å². The summed E-state index contributed by atoms with van der Waals surface area (Å²) in [6.45, 7) is 0.478. The number of carbonyl (C=O) groups is 2. The predicted octanol–water partition coefficient (Wildman–Crippen LogP) is 3.70. The Morgan fingerprint density at radius 3 is 2.44 bits per heavy atom. The first kappa shape index (κ1) is 30.2. The SMILES string of the molecule is CNc1cnc(Nc2cc(F)c(C(=O)N(C)C3CCNCC3)cc2OC)nc1N(CC(F)(F)C(=O)O)C1CCCC1. The molecule has 224 valence electrons. The number of halogens is 3. The van der Waals surface area contributed by atoms with Crippen molar-refractivity contribution in [1.82, 2.24) is 20.2 Å². The third-order valence-corrected chi connectivity index (χ3v) is 7.70. The maximum atomic E-state index is 15.3. The van der Waals surface area contributed by atoms with E-state index in [-0.39, 0.29) is 40.9 Å². The largest absolute Gasteiger partial charge is 0.495 e. The summed E-state index contributed by atoms with van der Waals surface area (Å²) >= 11 is 0. The molecule has 0 radical (unpaired) electrons. The molecule has 2 heterocycles. The van der Waals surface area contributed by atoms with E-state index in [1.165, 1.54) is 24.3 Å². The van der Waals surface area contributed by atoms with Gasteiger partial charge in [-0.1, -0.05) is 12.8 Å². The van der Waals surface area contributed by atoms with Crippen molar-refractivity contribution in [3.05, 3.63) is 29.7 Å². The second kappa shape index (κ2) is 12.8. The number of benzene rings is 1. The van der Waals surface area contributed by atoms with Crippen LogP contribution in [0.25, 0.3) is 0 Å². The minimum Gasteiger partial charge on any atom is -0.495 e. The third-order valence-electron chi connectivity index (χ3n) is 7.70. The lowest BCUT2D eigenvalue weighted by Gasteiger charge is -2.33. The molecule has 0 unspecified atom stereocenters. The second-order valence-electron chi connectivity index (χ2n) is 10.3. The Hall–Kier alpha value is -3.81. The number of aromatic nitrogens is 2. The molecule has 1 aliphatic heterocycles. The molecule has 1 aliphatic carbocycles. The Labute approximate surface area is 236 Å². The van der Waals surface area contributed by atoms with E-state index >= 15 is 4.39 Å². The molecule has 2 aromatic rings. The minimum absolute atomic E-state index is 0.0132. The normalized spacial score (nSPS) is 16.3. The topological polar surface area (TPSA) is 132 Å². The number of hydrogen-bond acceptors (Lipinski definition) is 9. The lowest BCUT2D eigenvalue weighted by atomic mass is 10.0. The number of anilines is 4. The van der Waals surface area contributed by atoms with Crippen molar-refractivity contribution in [3.63, 3.8) is 0 Å². The Kier molecular flexibility index (Phi) is 9.41. The highest BCUT2D eigenvalue weighted by atomic mass is 19.3. The highest BCUT2D eigenvalue weighted by Gasteiger charge is 2.43. The lowest BCUT2D eigenvalue weighted by molar-refractivity contribution is -0.163. The van der Waals surface area contributed by atoms with Crippen molar-refractivity contribution in [3.8, 4) is 5.75 Å². The van der Waals surface area contributed by atoms with Gasteiger partial charge in [0.15, 0.2) is 5.82 Å². The molecule has 14 heteroatoms. The summed E-state index contributed by atoms with van der Waals surface area (Å²) in [6.07, 6.45) is 5.75. The van der Waals surface area contributed by atoms with E-state index in [1.54, 1.807) is 19.0 Å². The number of alkyl halides is 2. The molecule has 1 aromatic carbocycles. The average Bonchev–Trinajstić information content (AvgIpc) is 3.50. The molecule has 1 amide bonds. The van der Waals surface area contributed by atoms with Crippen LogP contribution in [0.5, 0.6) is 5.75 Å². The lowest BCUT2D eigenvalue weighted by Crippen LogP contribution is -2.47. The van der Waals surface area contributed by atoms with Gasteiger partial charge >= 0.3 is 11.9 Å². The quantitative estimate of drug-likeness (QED) is 0.313. The van der Waals surface area contributed by atoms with Gasteiger partial charge in [0.25, 0.3) is 5.91 Å². The molecule has 0 bridgehead atoms. The van der Waals surface area contributed by atoms with E-state index in [0.29, 0.717) is 18.5 Å². The molecule has 2 aliphatic rings. The summed E-state index contributed by atoms with van der Waals surface area (Å²) in [5.74, 6) is -7.29. The van der Waals surface area contributed by atoms with Gasteiger partial charge in [-0.05, 0) is 44.8 Å². The number of ether oxygens (including phenoxy) is 1. The number of nitrogens with zero attached hydrogens (tertiary/aromatic N) is 4. The summed E-state index contributed by atoms with van der Waals surface area (Å²) < 4.78 is 49.6. The molecule has 4 rings (SSSR count). The van der Waals surface area contributed by atoms with Gasteiger partial charge in [0.1, 0.15) is 11.6 Å². The van der Waals surface area contributed by atoms with Crippen LogP contribution in [0, 0.1) is 5.82 Å². The summed E-state index contributed by atoms with van der Waals surface area (Å²) in [4.78, 5) is 35.9. The van der Waals surface area contributed by atoms with Crippen molar-refractivity contribution < 1.29 is 32.6 Å². The van der Waals surface area contributed by atoms with Crippen LogP contribution in [-0.4, -0.2) is 90.7 Å². The van der Waals surface area contributed by atoms with Gasteiger partial charge in [0.05, 0.1) is 36.8 Å². The number of carboxylic acid groups (broad SMARTS) is 1. The average molecular weight is 580 g/mol. The van der Waals surface area contributed by atoms with Crippen LogP contribution in [0.4, 0.5) is 36.3 Å². The highest BCUT2D eigenvalue weighted by Crippen LogP contribution is 2.36. The number of amides is 1. The number of rotatable bonds is 11. The van der Waals surface area contributed by atoms with Crippen LogP contribution in [0.3, 0.4) is 0 Å². The Morgan fingerprint density at radius 2 is 1.83 bits per heavy atom. The Balaban J connectivity index is 1.64. The van der Waals surface area contributed by atoms with E-state index in [9.17, 15) is 18.4 Å². The van der Waals surface area contributed by atoms with Crippen molar-refractivity contribution in [2.45, 2.75) is 56.5 Å². The molecule has 1 aromatic heterocycles. The molecule has 0 spiro atoms. The van der Waals surface area contributed by atoms with Crippen LogP contribution < -0.4 is 25.6 Å². The number of carbonyl (C=O) groups excluding carboxylic acids is 1. The van der Waals surface area contributed by atoms with Crippen LogP contribution in [0.2, 0.25) is 0 Å². The zero-order chi connectivity index (χ0) is 29.7. The van der Waals surface area contributed by atoms with E-state index in [4.69, 9.17) is 9.84 Å². The Morgan fingerprint density at radius 1 is 1.15 bits per heavy atom. The van der Waals surface area contributed by atoms with Crippen LogP contribution in [0.1, 0.15) is 48.9 Å². The van der Waals surface area contributed by atoms with Crippen molar-refractivity contribution in [2.75, 3.05) is 56.4 Å². The maximum Gasteiger partial charge on any atom is 0.376 e. The first-order valence-corrected chi connectivity index (χ1v) is 13.6. The number of aliphatic carboxylic acids is 1. The minimum atomic E-state index is -4.01. The van der Waals surface area contributed by atoms with E-state index in [0.717, 1.165) is 44.8 Å². The number of carboxylic acids is 1. The standard InChI is InChI=1S/C27H36F3N7O4/c1-31-21-14-33-26(35-23(21)37(17-6-4-5-7-17)15-27(29,30)25(39)40)34-20-13-19(28)18(12-22(20)41-3)24(38)36(2)16-8-10-32-11-9-16/h12-14,16-17,31-32H,4-11,15H2,1-3H3,(H,39,40)(H,33,34,35). The Bertz CT molecular complexity index is 1250. The monoisotopic (exact) mass is 579 g/mol. The van der Waals surface area contributed by atoms with Gasteiger partial charge in [0, 0.05) is 32.2 Å². The second-order valence-corrected chi connectivity index (χ2v) is 10.3. The smallest absolute Gasteiger partial charge is 0.376 e. The fourth-order valence-electron chi connectivity index (χ4n) is 5.36. The molecule has 1 saturated heterocycles. The van der Waals surface area contributed by atoms with Gasteiger partial charge in [-0.25, -0.2) is 14.2 Å². The number of hydrogen-bond donors (Lipinski definition) is 4. The van der Waals surface area contributed by atoms with Gasteiger partial charge in [-0.15, -0.1) is 0 Å². The van der Waals surface area contributed by atoms with E-state index < -0.39 is 30.2 Å². The zero-order valence-electron chi connectivity index (χ0n) is 23.3. The molecule has 0 atom stereocenters. The fourth-order valence-corrected chi connectivity index (χ4v) is 5.36. The fraction of sp³-hybridized carbons (Fsp3) is 0.556. The number of nitrogens with one attached hydrogen (secondary N) is 3. The van der Waals surface area contributed by atoms with Gasteiger partial charge < -0.3 is 35.6 Å². The first-order valence-electron chi connectivity index (χ1n) is 13.6. The van der Waals surface area contributed by atoms with Crippen LogP contribution in [-0.2, 0) is 4.79 Å². The molecule has 41 heavy (non-hydrogen) atoms. The molecule has 11 nitrogen and oxygen atoms in total. The first-order chi connectivity index (χ1) is 19.6.